The molecule has 0 aromatic heterocycles. The molecule has 5 nitrogen and oxygen atoms in total. The fourth-order valence-electron chi connectivity index (χ4n) is 2.49. The average Bonchev–Trinajstić information content (AvgIpc) is 3.20. The minimum absolute atomic E-state index is 0.299. The van der Waals surface area contributed by atoms with Crippen molar-refractivity contribution in [2.45, 2.75) is 11.7 Å². The molecule has 108 valence electrons. The van der Waals surface area contributed by atoms with Crippen LogP contribution in [0.4, 0.5) is 4.79 Å². The first-order valence-electron chi connectivity index (χ1n) is 6.20. The molecule has 2 unspecified atom stereocenters. The molecule has 2 aliphatic heterocycles. The number of benzene rings is 1. The van der Waals surface area contributed by atoms with E-state index < -0.39 is 11.7 Å². The van der Waals surface area contributed by atoms with Crippen molar-refractivity contribution in [1.29, 1.82) is 0 Å². The molecule has 2 fully saturated rings. The number of amides is 1. The maximum atomic E-state index is 11.1. The molecule has 1 aromatic carbocycles. The first-order chi connectivity index (χ1) is 9.52. The van der Waals surface area contributed by atoms with Crippen LogP contribution in [0, 0.1) is 0 Å². The summed E-state index contributed by atoms with van der Waals surface area (Å²) in [6.07, 6.45) is -1.29. The van der Waals surface area contributed by atoms with Crippen molar-refractivity contribution in [3.63, 3.8) is 0 Å². The van der Waals surface area contributed by atoms with Gasteiger partial charge in [-0.15, -0.1) is 0 Å². The van der Waals surface area contributed by atoms with E-state index in [9.17, 15) is 4.79 Å². The molecule has 0 saturated carbocycles. The van der Waals surface area contributed by atoms with Gasteiger partial charge in [0.05, 0.1) is 29.8 Å². The summed E-state index contributed by atoms with van der Waals surface area (Å²) >= 11 is 11.9. The molecule has 1 N–H and O–H groups in total. The van der Waals surface area contributed by atoms with Crippen LogP contribution in [-0.4, -0.2) is 48.0 Å². The number of hydrogen-bond acceptors (Lipinski definition) is 3. The van der Waals surface area contributed by atoms with Gasteiger partial charge in [0.1, 0.15) is 11.7 Å². The zero-order valence-corrected chi connectivity index (χ0v) is 12.0. The van der Waals surface area contributed by atoms with Crippen molar-refractivity contribution in [2.75, 3.05) is 26.3 Å². The molecule has 1 spiro atoms. The molecule has 2 aliphatic rings. The van der Waals surface area contributed by atoms with Crippen LogP contribution in [0.15, 0.2) is 18.2 Å². The van der Waals surface area contributed by atoms with Crippen molar-refractivity contribution in [2.24, 2.45) is 0 Å². The number of ether oxygens (including phenoxy) is 2. The predicted octanol–water partition coefficient (Wildman–Crippen LogP) is 2.81. The largest absolute Gasteiger partial charge is 0.465 e. The molecule has 3 rings (SSSR count). The van der Waals surface area contributed by atoms with Crippen LogP contribution in [0.2, 0.25) is 10.0 Å². The van der Waals surface area contributed by atoms with Gasteiger partial charge in [-0.3, -0.25) is 0 Å². The lowest BCUT2D eigenvalue weighted by molar-refractivity contribution is 0.0139. The van der Waals surface area contributed by atoms with Crippen molar-refractivity contribution in [3.05, 3.63) is 33.8 Å². The molecule has 1 aromatic rings. The van der Waals surface area contributed by atoms with Crippen molar-refractivity contribution in [1.82, 2.24) is 4.90 Å². The molecule has 0 aliphatic carbocycles. The number of rotatable bonds is 1. The SMILES string of the molecule is O=C(O)N1CCOC(c2ccc(Cl)c(Cl)c2)C2(CO2)C1. The van der Waals surface area contributed by atoms with Gasteiger partial charge in [-0.25, -0.2) is 4.79 Å². The van der Waals surface area contributed by atoms with Crippen molar-refractivity contribution < 1.29 is 19.4 Å². The molecule has 0 radical (unpaired) electrons. The van der Waals surface area contributed by atoms with E-state index in [1.165, 1.54) is 4.90 Å². The summed E-state index contributed by atoms with van der Waals surface area (Å²) in [7, 11) is 0. The summed E-state index contributed by atoms with van der Waals surface area (Å²) in [5.41, 5.74) is 0.246. The molecular weight excluding hydrogens is 305 g/mol. The van der Waals surface area contributed by atoms with E-state index in [0.717, 1.165) is 5.56 Å². The number of carbonyl (C=O) groups is 1. The Labute approximate surface area is 126 Å². The Balaban J connectivity index is 1.89. The molecule has 20 heavy (non-hydrogen) atoms. The van der Waals surface area contributed by atoms with Crippen molar-refractivity contribution >= 4 is 29.3 Å². The van der Waals surface area contributed by atoms with Gasteiger partial charge in [-0.1, -0.05) is 29.3 Å². The second-order valence-electron chi connectivity index (χ2n) is 4.98. The normalized spacial score (nSPS) is 29.3. The number of hydrogen-bond donors (Lipinski definition) is 1. The van der Waals surface area contributed by atoms with Gasteiger partial charge in [-0.05, 0) is 17.7 Å². The van der Waals surface area contributed by atoms with Crippen LogP contribution in [0.25, 0.3) is 0 Å². The van der Waals surface area contributed by atoms with Crippen LogP contribution in [0.5, 0.6) is 0 Å². The summed E-state index contributed by atoms with van der Waals surface area (Å²) in [6, 6.07) is 5.28. The molecule has 2 saturated heterocycles. The Morgan fingerprint density at radius 3 is 2.75 bits per heavy atom. The topological polar surface area (TPSA) is 62.3 Å². The van der Waals surface area contributed by atoms with Gasteiger partial charge in [0.15, 0.2) is 0 Å². The van der Waals surface area contributed by atoms with Gasteiger partial charge >= 0.3 is 6.09 Å². The van der Waals surface area contributed by atoms with E-state index in [4.69, 9.17) is 37.8 Å². The third kappa shape index (κ3) is 2.46. The lowest BCUT2D eigenvalue weighted by atomic mass is 9.96. The van der Waals surface area contributed by atoms with Gasteiger partial charge in [-0.2, -0.15) is 0 Å². The minimum Gasteiger partial charge on any atom is -0.465 e. The van der Waals surface area contributed by atoms with Crippen LogP contribution in [0.3, 0.4) is 0 Å². The maximum Gasteiger partial charge on any atom is 0.407 e. The zero-order valence-electron chi connectivity index (χ0n) is 10.5. The summed E-state index contributed by atoms with van der Waals surface area (Å²) in [4.78, 5) is 12.5. The van der Waals surface area contributed by atoms with E-state index in [0.29, 0.717) is 36.3 Å². The van der Waals surface area contributed by atoms with Crippen LogP contribution < -0.4 is 0 Å². The number of halogens is 2. The summed E-state index contributed by atoms with van der Waals surface area (Å²) < 4.78 is 11.3. The van der Waals surface area contributed by atoms with Gasteiger partial charge < -0.3 is 19.5 Å². The third-order valence-electron chi connectivity index (χ3n) is 3.61. The van der Waals surface area contributed by atoms with E-state index in [-0.39, 0.29) is 6.10 Å². The highest BCUT2D eigenvalue weighted by molar-refractivity contribution is 6.42. The molecule has 0 bridgehead atoms. The Morgan fingerprint density at radius 2 is 2.15 bits per heavy atom. The molecule has 1 amide bonds. The smallest absolute Gasteiger partial charge is 0.407 e. The second kappa shape index (κ2) is 5.07. The molecule has 7 heteroatoms. The van der Waals surface area contributed by atoms with Crippen LogP contribution in [-0.2, 0) is 9.47 Å². The Kier molecular flexibility index (Phi) is 3.54. The molecule has 2 atom stereocenters. The predicted molar refractivity (Wildman–Crippen MR) is 73.4 cm³/mol. The third-order valence-corrected chi connectivity index (χ3v) is 4.35. The molecule has 2 heterocycles. The van der Waals surface area contributed by atoms with E-state index in [2.05, 4.69) is 0 Å². The molecular formula is C13H13Cl2NO4. The highest BCUT2D eigenvalue weighted by Gasteiger charge is 2.56. The number of nitrogens with zero attached hydrogens (tertiary/aromatic N) is 1. The van der Waals surface area contributed by atoms with Gasteiger partial charge in [0.25, 0.3) is 0 Å². The van der Waals surface area contributed by atoms with Crippen molar-refractivity contribution in [3.8, 4) is 0 Å². The zero-order chi connectivity index (χ0) is 14.3. The fraction of sp³-hybridized carbons (Fsp3) is 0.462. The Hall–Kier alpha value is -1.01. The quantitative estimate of drug-likeness (QED) is 0.809. The van der Waals surface area contributed by atoms with Crippen LogP contribution in [0.1, 0.15) is 11.7 Å². The lowest BCUT2D eigenvalue weighted by Gasteiger charge is -2.24. The summed E-state index contributed by atoms with van der Waals surface area (Å²) in [5.74, 6) is 0. The maximum absolute atomic E-state index is 11.1. The second-order valence-corrected chi connectivity index (χ2v) is 5.80. The van der Waals surface area contributed by atoms with Crippen LogP contribution >= 0.6 is 23.2 Å². The first-order valence-corrected chi connectivity index (χ1v) is 6.96. The fourth-order valence-corrected chi connectivity index (χ4v) is 2.80. The van der Waals surface area contributed by atoms with E-state index >= 15 is 0 Å². The lowest BCUT2D eigenvalue weighted by Crippen LogP contribution is -2.39. The number of epoxide rings is 1. The first kappa shape index (κ1) is 13.9. The highest BCUT2D eigenvalue weighted by atomic mass is 35.5. The summed E-state index contributed by atoms with van der Waals surface area (Å²) in [5, 5.41) is 10.1. The van der Waals surface area contributed by atoms with Gasteiger partial charge in [0, 0.05) is 6.54 Å². The average molecular weight is 318 g/mol. The van der Waals surface area contributed by atoms with E-state index in [1.54, 1.807) is 12.1 Å². The Bertz CT molecular complexity index is 547. The standard InChI is InChI=1S/C13H13Cl2NO4/c14-9-2-1-8(5-10(9)15)11-13(7-20-13)6-16(12(17)18)3-4-19-11/h1-2,5,11H,3-4,6-7H2,(H,17,18). The Morgan fingerprint density at radius 1 is 1.40 bits per heavy atom. The van der Waals surface area contributed by atoms with E-state index in [1.807, 2.05) is 6.07 Å². The number of carboxylic acid groups (broad SMARTS) is 1. The highest BCUT2D eigenvalue weighted by Crippen LogP contribution is 2.45. The summed E-state index contributed by atoms with van der Waals surface area (Å²) in [6.45, 7) is 1.43. The minimum atomic E-state index is -0.960. The van der Waals surface area contributed by atoms with Gasteiger partial charge in [0.2, 0.25) is 0 Å². The monoisotopic (exact) mass is 317 g/mol.